The third-order valence-electron chi connectivity index (χ3n) is 2.31. The minimum Gasteiger partial charge on any atom is -0.396 e. The number of aliphatic hydroxyl groups excluding tert-OH is 1. The molecule has 1 amide bonds. The summed E-state index contributed by atoms with van der Waals surface area (Å²) in [4.78, 5) is 11.4. The quantitative estimate of drug-likeness (QED) is 0.774. The van der Waals surface area contributed by atoms with Crippen molar-refractivity contribution in [2.45, 2.75) is 32.6 Å². The van der Waals surface area contributed by atoms with E-state index in [9.17, 15) is 4.79 Å². The normalized spacial score (nSPS) is 10.1. The van der Waals surface area contributed by atoms with E-state index in [1.807, 2.05) is 31.2 Å². The van der Waals surface area contributed by atoms with Gasteiger partial charge < -0.3 is 10.4 Å². The molecule has 0 heterocycles. The Morgan fingerprint density at radius 3 is 2.94 bits per heavy atom. The Balaban J connectivity index is 2.56. The van der Waals surface area contributed by atoms with Crippen LogP contribution in [0.2, 0.25) is 0 Å². The van der Waals surface area contributed by atoms with Gasteiger partial charge in [0.1, 0.15) is 0 Å². The maximum atomic E-state index is 11.4. The van der Waals surface area contributed by atoms with Gasteiger partial charge >= 0.3 is 0 Å². The third-order valence-corrected chi connectivity index (χ3v) is 2.31. The average molecular weight is 221 g/mol. The Morgan fingerprint density at radius 1 is 1.44 bits per heavy atom. The second kappa shape index (κ2) is 7.01. The molecule has 0 atom stereocenters. The van der Waals surface area contributed by atoms with E-state index in [0.717, 1.165) is 30.5 Å². The molecular weight excluding hydrogens is 202 g/mol. The third kappa shape index (κ3) is 4.45. The molecule has 0 bridgehead atoms. The van der Waals surface area contributed by atoms with Crippen molar-refractivity contribution in [3.63, 3.8) is 0 Å². The van der Waals surface area contributed by atoms with Gasteiger partial charge in [0, 0.05) is 18.7 Å². The number of rotatable bonds is 6. The highest BCUT2D eigenvalue weighted by Crippen LogP contribution is 2.12. The van der Waals surface area contributed by atoms with E-state index in [2.05, 4.69) is 5.32 Å². The van der Waals surface area contributed by atoms with Crippen molar-refractivity contribution < 1.29 is 9.90 Å². The minimum absolute atomic E-state index is 0.0572. The molecule has 0 spiro atoms. The summed E-state index contributed by atoms with van der Waals surface area (Å²) in [5, 5.41) is 11.6. The average Bonchev–Trinajstić information content (AvgIpc) is 2.27. The molecule has 0 aromatic heterocycles. The van der Waals surface area contributed by atoms with Gasteiger partial charge in [0.05, 0.1) is 0 Å². The van der Waals surface area contributed by atoms with E-state index >= 15 is 0 Å². The van der Waals surface area contributed by atoms with E-state index in [1.54, 1.807) is 0 Å². The summed E-state index contributed by atoms with van der Waals surface area (Å²) in [6, 6.07) is 7.78. The summed E-state index contributed by atoms with van der Waals surface area (Å²) in [5.74, 6) is 0.0572. The fraction of sp³-hybridized carbons (Fsp3) is 0.462. The number of anilines is 1. The van der Waals surface area contributed by atoms with Gasteiger partial charge in [-0.05, 0) is 37.0 Å². The van der Waals surface area contributed by atoms with Crippen molar-refractivity contribution >= 4 is 11.6 Å². The zero-order chi connectivity index (χ0) is 11.8. The summed E-state index contributed by atoms with van der Waals surface area (Å²) in [7, 11) is 0. The summed E-state index contributed by atoms with van der Waals surface area (Å²) in [6.07, 6.45) is 3.01. The first-order valence-corrected chi connectivity index (χ1v) is 5.76. The molecule has 0 aliphatic rings. The number of aliphatic hydroxyl groups is 1. The lowest BCUT2D eigenvalue weighted by Crippen LogP contribution is -2.10. The van der Waals surface area contributed by atoms with Crippen molar-refractivity contribution in [2.75, 3.05) is 11.9 Å². The predicted molar refractivity (Wildman–Crippen MR) is 65.4 cm³/mol. The number of carbonyl (C=O) groups is 1. The lowest BCUT2D eigenvalue weighted by atomic mass is 10.1. The summed E-state index contributed by atoms with van der Waals surface area (Å²) < 4.78 is 0. The second-order valence-corrected chi connectivity index (χ2v) is 3.83. The largest absolute Gasteiger partial charge is 0.396 e. The first-order valence-electron chi connectivity index (χ1n) is 5.76. The smallest absolute Gasteiger partial charge is 0.224 e. The lowest BCUT2D eigenvalue weighted by Gasteiger charge is -2.06. The SMILES string of the molecule is CCCC(=O)Nc1cccc(CCCO)c1. The van der Waals surface area contributed by atoms with Crippen molar-refractivity contribution in [1.82, 2.24) is 0 Å². The van der Waals surface area contributed by atoms with Crippen LogP contribution >= 0.6 is 0 Å². The Labute approximate surface area is 96.5 Å². The summed E-state index contributed by atoms with van der Waals surface area (Å²) in [5.41, 5.74) is 1.98. The highest BCUT2D eigenvalue weighted by Gasteiger charge is 2.01. The maximum Gasteiger partial charge on any atom is 0.224 e. The first-order chi connectivity index (χ1) is 7.76. The number of nitrogens with one attached hydrogen (secondary N) is 1. The predicted octanol–water partition coefficient (Wildman–Crippen LogP) is 2.35. The van der Waals surface area contributed by atoms with Crippen LogP contribution in [0.5, 0.6) is 0 Å². The zero-order valence-corrected chi connectivity index (χ0v) is 9.70. The first kappa shape index (κ1) is 12.7. The molecule has 88 valence electrons. The Morgan fingerprint density at radius 2 is 2.25 bits per heavy atom. The van der Waals surface area contributed by atoms with E-state index in [0.29, 0.717) is 6.42 Å². The Bertz CT molecular complexity index is 336. The fourth-order valence-electron chi connectivity index (χ4n) is 1.54. The molecule has 16 heavy (non-hydrogen) atoms. The molecule has 1 rings (SSSR count). The second-order valence-electron chi connectivity index (χ2n) is 3.83. The molecule has 1 aromatic carbocycles. The van der Waals surface area contributed by atoms with E-state index in [4.69, 9.17) is 5.11 Å². The number of hydrogen-bond acceptors (Lipinski definition) is 2. The number of benzene rings is 1. The van der Waals surface area contributed by atoms with Crippen LogP contribution in [-0.4, -0.2) is 17.6 Å². The summed E-state index contributed by atoms with van der Waals surface area (Å²) in [6.45, 7) is 2.18. The number of aryl methyl sites for hydroxylation is 1. The molecule has 0 radical (unpaired) electrons. The van der Waals surface area contributed by atoms with Gasteiger partial charge in [0.25, 0.3) is 0 Å². The van der Waals surface area contributed by atoms with Gasteiger partial charge in [-0.25, -0.2) is 0 Å². The minimum atomic E-state index is 0.0572. The van der Waals surface area contributed by atoms with Crippen molar-refractivity contribution in [2.24, 2.45) is 0 Å². The molecular formula is C13H19NO2. The van der Waals surface area contributed by atoms with Crippen LogP contribution in [0.4, 0.5) is 5.69 Å². The molecule has 2 N–H and O–H groups in total. The zero-order valence-electron chi connectivity index (χ0n) is 9.70. The van der Waals surface area contributed by atoms with Gasteiger partial charge in [-0.15, -0.1) is 0 Å². The van der Waals surface area contributed by atoms with E-state index < -0.39 is 0 Å². The fourth-order valence-corrected chi connectivity index (χ4v) is 1.54. The maximum absolute atomic E-state index is 11.4. The van der Waals surface area contributed by atoms with E-state index in [-0.39, 0.29) is 12.5 Å². The van der Waals surface area contributed by atoms with E-state index in [1.165, 1.54) is 0 Å². The van der Waals surface area contributed by atoms with Gasteiger partial charge in [-0.3, -0.25) is 4.79 Å². The Hall–Kier alpha value is -1.35. The van der Waals surface area contributed by atoms with Crippen molar-refractivity contribution in [3.05, 3.63) is 29.8 Å². The molecule has 3 heteroatoms. The lowest BCUT2D eigenvalue weighted by molar-refractivity contribution is -0.116. The van der Waals surface area contributed by atoms with Gasteiger partial charge in [0.15, 0.2) is 0 Å². The van der Waals surface area contributed by atoms with Crippen LogP contribution in [0.25, 0.3) is 0 Å². The van der Waals surface area contributed by atoms with Crippen LogP contribution in [0.3, 0.4) is 0 Å². The molecule has 0 fully saturated rings. The molecule has 3 nitrogen and oxygen atoms in total. The van der Waals surface area contributed by atoms with Crippen LogP contribution in [0, 0.1) is 0 Å². The number of carbonyl (C=O) groups excluding carboxylic acids is 1. The van der Waals surface area contributed by atoms with Gasteiger partial charge in [0.2, 0.25) is 5.91 Å². The number of hydrogen-bond donors (Lipinski definition) is 2. The molecule has 0 saturated heterocycles. The molecule has 0 saturated carbocycles. The molecule has 1 aromatic rings. The van der Waals surface area contributed by atoms with Crippen LogP contribution in [0.1, 0.15) is 31.7 Å². The molecule has 0 aliphatic carbocycles. The number of amides is 1. The van der Waals surface area contributed by atoms with Gasteiger partial charge in [-0.2, -0.15) is 0 Å². The standard InChI is InChI=1S/C13H19NO2/c1-2-5-13(16)14-12-8-3-6-11(10-12)7-4-9-15/h3,6,8,10,15H,2,4-5,7,9H2,1H3,(H,14,16). The highest BCUT2D eigenvalue weighted by molar-refractivity contribution is 5.90. The molecule has 0 unspecified atom stereocenters. The summed E-state index contributed by atoms with van der Waals surface area (Å²) >= 11 is 0. The molecule has 0 aliphatic heterocycles. The van der Waals surface area contributed by atoms with Crippen molar-refractivity contribution in [3.8, 4) is 0 Å². The van der Waals surface area contributed by atoms with Crippen molar-refractivity contribution in [1.29, 1.82) is 0 Å². The monoisotopic (exact) mass is 221 g/mol. The Kier molecular flexibility index (Phi) is 5.57. The van der Waals surface area contributed by atoms with Crippen LogP contribution in [0.15, 0.2) is 24.3 Å². The van der Waals surface area contributed by atoms with Gasteiger partial charge in [-0.1, -0.05) is 19.1 Å². The highest BCUT2D eigenvalue weighted by atomic mass is 16.2. The van der Waals surface area contributed by atoms with Crippen LogP contribution < -0.4 is 5.32 Å². The topological polar surface area (TPSA) is 49.3 Å². The van der Waals surface area contributed by atoms with Crippen LogP contribution in [-0.2, 0) is 11.2 Å².